The van der Waals surface area contributed by atoms with Gasteiger partial charge in [-0.05, 0) is 44.6 Å². The summed E-state index contributed by atoms with van der Waals surface area (Å²) in [6, 6.07) is 4.34. The van der Waals surface area contributed by atoms with Crippen LogP contribution in [0.25, 0.3) is 0 Å². The lowest BCUT2D eigenvalue weighted by atomic mass is 10.1. The molecular weight excluding hydrogens is 274 g/mol. The van der Waals surface area contributed by atoms with Crippen molar-refractivity contribution < 1.29 is 0 Å². The number of hydrogen-bond donors (Lipinski definition) is 2. The maximum Gasteiger partial charge on any atom is 0.191 e. The number of nitrogens with zero attached hydrogens (tertiary/aromatic N) is 1. The van der Waals surface area contributed by atoms with Crippen LogP contribution in [0.3, 0.4) is 0 Å². The third kappa shape index (κ3) is 4.42. The fourth-order valence-electron chi connectivity index (χ4n) is 2.22. The van der Waals surface area contributed by atoms with Crippen molar-refractivity contribution in [1.29, 1.82) is 0 Å². The average Bonchev–Trinajstić information content (AvgIpc) is 2.99. The zero-order valence-corrected chi connectivity index (χ0v) is 13.6. The molecule has 5 heteroatoms. The smallest absolute Gasteiger partial charge is 0.191 e. The largest absolute Gasteiger partial charge is 0.355 e. The van der Waals surface area contributed by atoms with E-state index in [4.69, 9.17) is 0 Å². The minimum atomic E-state index is 0.372. The summed E-state index contributed by atoms with van der Waals surface area (Å²) in [5.74, 6) is 2.19. The molecule has 0 bridgehead atoms. The van der Waals surface area contributed by atoms with Gasteiger partial charge in [-0.25, -0.2) is 0 Å². The highest BCUT2D eigenvalue weighted by molar-refractivity contribution is 8.00. The number of hydrogen-bond acceptors (Lipinski definition) is 3. The molecule has 1 unspecified atom stereocenters. The van der Waals surface area contributed by atoms with Gasteiger partial charge in [0.05, 0.1) is 6.54 Å². The minimum absolute atomic E-state index is 0.372. The topological polar surface area (TPSA) is 36.4 Å². The molecular formula is C14H23N3S2. The first-order valence-corrected chi connectivity index (χ1v) is 8.55. The molecule has 1 aromatic rings. The number of nitrogens with one attached hydrogen (secondary N) is 2. The summed E-state index contributed by atoms with van der Waals surface area (Å²) in [6.07, 6.45) is 2.63. The fraction of sp³-hybridized carbons (Fsp3) is 0.643. The molecule has 3 nitrogen and oxygen atoms in total. The first-order chi connectivity index (χ1) is 9.11. The molecule has 0 aromatic carbocycles. The lowest BCUT2D eigenvalue weighted by Crippen LogP contribution is -2.43. The average molecular weight is 297 g/mol. The molecule has 1 aliphatic rings. The predicted octanol–water partition coefficient (Wildman–Crippen LogP) is 3.01. The van der Waals surface area contributed by atoms with Crippen LogP contribution in [-0.2, 0) is 6.54 Å². The summed E-state index contributed by atoms with van der Waals surface area (Å²) in [5.41, 5.74) is 0. The van der Waals surface area contributed by atoms with Crippen molar-refractivity contribution in [2.24, 2.45) is 4.99 Å². The van der Waals surface area contributed by atoms with Gasteiger partial charge >= 0.3 is 0 Å². The van der Waals surface area contributed by atoms with E-state index >= 15 is 0 Å². The van der Waals surface area contributed by atoms with Gasteiger partial charge in [0.1, 0.15) is 0 Å². The number of rotatable bonds is 4. The molecule has 1 fully saturated rings. The van der Waals surface area contributed by atoms with Gasteiger partial charge in [0.2, 0.25) is 0 Å². The summed E-state index contributed by atoms with van der Waals surface area (Å²) < 4.78 is 0.372. The Labute approximate surface area is 124 Å². The molecule has 106 valence electrons. The lowest BCUT2D eigenvalue weighted by molar-refractivity contribution is 0.585. The normalized spacial score (nSPS) is 23.6. The molecule has 2 rings (SSSR count). The molecule has 1 aliphatic heterocycles. The first kappa shape index (κ1) is 14.7. The maximum absolute atomic E-state index is 4.29. The quantitative estimate of drug-likeness (QED) is 0.662. The van der Waals surface area contributed by atoms with E-state index in [-0.39, 0.29) is 0 Å². The zero-order valence-electron chi connectivity index (χ0n) is 12.0. The number of guanidine groups is 1. The van der Waals surface area contributed by atoms with E-state index in [1.807, 2.05) is 18.4 Å². The minimum Gasteiger partial charge on any atom is -0.355 e. The molecule has 0 radical (unpaired) electrons. The van der Waals surface area contributed by atoms with Crippen LogP contribution in [0.5, 0.6) is 0 Å². The number of thiophene rings is 1. The highest BCUT2D eigenvalue weighted by Gasteiger charge is 2.29. The van der Waals surface area contributed by atoms with E-state index in [1.165, 1.54) is 28.3 Å². The Bertz CT molecular complexity index is 434. The monoisotopic (exact) mass is 297 g/mol. The van der Waals surface area contributed by atoms with Gasteiger partial charge in [-0.1, -0.05) is 0 Å². The third-order valence-corrected chi connectivity index (χ3v) is 5.92. The second-order valence-corrected chi connectivity index (χ2v) is 8.25. The van der Waals surface area contributed by atoms with Crippen molar-refractivity contribution in [1.82, 2.24) is 10.6 Å². The molecule has 1 aromatic heterocycles. The molecule has 1 atom stereocenters. The Morgan fingerprint density at radius 3 is 2.84 bits per heavy atom. The molecule has 19 heavy (non-hydrogen) atoms. The van der Waals surface area contributed by atoms with E-state index in [2.05, 4.69) is 53.4 Å². The maximum atomic E-state index is 4.29. The number of aliphatic imine (C=N–C) groups is 1. The van der Waals surface area contributed by atoms with Crippen LogP contribution in [0.4, 0.5) is 0 Å². The molecule has 0 spiro atoms. The fourth-order valence-corrected chi connectivity index (χ4v) is 4.29. The molecule has 0 amide bonds. The van der Waals surface area contributed by atoms with Crippen LogP contribution < -0.4 is 10.6 Å². The van der Waals surface area contributed by atoms with Gasteiger partial charge in [0.25, 0.3) is 0 Å². The number of aryl methyl sites for hydroxylation is 1. The Morgan fingerprint density at radius 1 is 1.42 bits per heavy atom. The van der Waals surface area contributed by atoms with Gasteiger partial charge in [-0.3, -0.25) is 4.99 Å². The lowest BCUT2D eigenvalue weighted by Gasteiger charge is -2.24. The third-order valence-electron chi connectivity index (χ3n) is 3.38. The van der Waals surface area contributed by atoms with E-state index < -0.39 is 0 Å². The highest BCUT2D eigenvalue weighted by atomic mass is 32.2. The SMILES string of the molecule is CN=C(NCc1ccc(C)s1)NCC1(C)CCCS1. The van der Waals surface area contributed by atoms with Crippen molar-refractivity contribution in [3.8, 4) is 0 Å². The van der Waals surface area contributed by atoms with Crippen LogP contribution in [0, 0.1) is 6.92 Å². The van der Waals surface area contributed by atoms with E-state index in [0.29, 0.717) is 4.75 Å². The summed E-state index contributed by atoms with van der Waals surface area (Å²) in [5, 5.41) is 6.83. The summed E-state index contributed by atoms with van der Waals surface area (Å²) in [6.45, 7) is 6.32. The van der Waals surface area contributed by atoms with Crippen LogP contribution in [0.15, 0.2) is 17.1 Å². The molecule has 0 aliphatic carbocycles. The van der Waals surface area contributed by atoms with Crippen LogP contribution >= 0.6 is 23.1 Å². The molecule has 0 saturated carbocycles. The summed E-state index contributed by atoms with van der Waals surface area (Å²) in [4.78, 5) is 7.00. The van der Waals surface area contributed by atoms with Gasteiger partial charge in [0.15, 0.2) is 5.96 Å². The van der Waals surface area contributed by atoms with E-state index in [1.54, 1.807) is 0 Å². The van der Waals surface area contributed by atoms with E-state index in [9.17, 15) is 0 Å². The van der Waals surface area contributed by atoms with Gasteiger partial charge in [-0.2, -0.15) is 11.8 Å². The summed E-state index contributed by atoms with van der Waals surface area (Å²) >= 11 is 3.91. The molecule has 2 heterocycles. The van der Waals surface area contributed by atoms with Crippen LogP contribution in [-0.4, -0.2) is 30.1 Å². The standard InChI is InChI=1S/C14H23N3S2/c1-11-5-6-12(19-11)9-16-13(15-3)17-10-14(2)7-4-8-18-14/h5-6H,4,7-10H2,1-3H3,(H2,15,16,17). The zero-order chi connectivity index (χ0) is 13.7. The second-order valence-electron chi connectivity index (χ2n) is 5.19. The van der Waals surface area contributed by atoms with Crippen molar-refractivity contribution in [2.45, 2.75) is 38.0 Å². The Morgan fingerprint density at radius 2 is 2.26 bits per heavy atom. The Balaban J connectivity index is 1.77. The van der Waals surface area contributed by atoms with E-state index in [0.717, 1.165) is 19.0 Å². The predicted molar refractivity (Wildman–Crippen MR) is 87.4 cm³/mol. The van der Waals surface area contributed by atoms with Crippen LogP contribution in [0.2, 0.25) is 0 Å². The number of thioether (sulfide) groups is 1. The van der Waals surface area contributed by atoms with Crippen LogP contribution in [0.1, 0.15) is 29.5 Å². The Hall–Kier alpha value is -0.680. The van der Waals surface area contributed by atoms with Crippen molar-refractivity contribution >= 4 is 29.1 Å². The first-order valence-electron chi connectivity index (χ1n) is 6.75. The van der Waals surface area contributed by atoms with Gasteiger partial charge in [0, 0.05) is 28.1 Å². The summed E-state index contributed by atoms with van der Waals surface area (Å²) in [7, 11) is 1.83. The van der Waals surface area contributed by atoms with Gasteiger partial charge < -0.3 is 10.6 Å². The Kier molecular flexibility index (Phi) is 5.16. The van der Waals surface area contributed by atoms with Gasteiger partial charge in [-0.15, -0.1) is 11.3 Å². The molecule has 1 saturated heterocycles. The van der Waals surface area contributed by atoms with Crippen molar-refractivity contribution in [2.75, 3.05) is 19.3 Å². The molecule has 2 N–H and O–H groups in total. The second kappa shape index (κ2) is 6.66. The van der Waals surface area contributed by atoms with Crippen molar-refractivity contribution in [3.63, 3.8) is 0 Å². The van der Waals surface area contributed by atoms with Crippen molar-refractivity contribution in [3.05, 3.63) is 21.9 Å². The highest BCUT2D eigenvalue weighted by Crippen LogP contribution is 2.36.